The van der Waals surface area contributed by atoms with E-state index in [0.717, 1.165) is 25.0 Å². The zero-order chi connectivity index (χ0) is 18.6. The number of rotatable bonds is 5. The van der Waals surface area contributed by atoms with E-state index in [2.05, 4.69) is 15.3 Å². The maximum Gasteiger partial charge on any atom is 0.417 e. The number of H-pyrrole nitrogens is 1. The maximum absolute atomic E-state index is 12.9. The van der Waals surface area contributed by atoms with Crippen LogP contribution in [0.3, 0.4) is 0 Å². The quantitative estimate of drug-likeness (QED) is 0.721. The van der Waals surface area contributed by atoms with Gasteiger partial charge in [-0.15, -0.1) is 0 Å². The third kappa shape index (κ3) is 4.17. The van der Waals surface area contributed by atoms with Crippen molar-refractivity contribution in [2.75, 3.05) is 18.5 Å². The van der Waals surface area contributed by atoms with Gasteiger partial charge in [0, 0.05) is 43.8 Å². The minimum Gasteiger partial charge on any atom is -0.408 e. The number of amides is 2. The number of pyridine rings is 1. The Morgan fingerprint density at radius 2 is 2.15 bits per heavy atom. The van der Waals surface area contributed by atoms with E-state index in [0.29, 0.717) is 29.9 Å². The highest BCUT2D eigenvalue weighted by atomic mass is 16.5. The first kappa shape index (κ1) is 17.3. The highest BCUT2D eigenvalue weighted by Crippen LogP contribution is 2.19. The molecule has 1 atom stereocenters. The number of ether oxygens (including phenoxy) is 1. The molecule has 2 N–H and O–H groups in total. The summed E-state index contributed by atoms with van der Waals surface area (Å²) in [6.45, 7) is 1.70. The van der Waals surface area contributed by atoms with Crippen molar-refractivity contribution in [2.45, 2.75) is 25.5 Å². The molecular weight excluding hydrogens is 348 g/mol. The second kappa shape index (κ2) is 7.63. The van der Waals surface area contributed by atoms with Gasteiger partial charge in [0.1, 0.15) is 0 Å². The average molecular weight is 368 g/mol. The van der Waals surface area contributed by atoms with Gasteiger partial charge in [-0.05, 0) is 42.7 Å². The van der Waals surface area contributed by atoms with Crippen LogP contribution in [0.15, 0.2) is 51.9 Å². The van der Waals surface area contributed by atoms with Crippen LogP contribution in [0, 0.1) is 0 Å². The van der Waals surface area contributed by atoms with Crippen molar-refractivity contribution in [1.82, 2.24) is 14.9 Å². The lowest BCUT2D eigenvalue weighted by atomic mass is 10.2. The van der Waals surface area contributed by atoms with E-state index in [4.69, 9.17) is 9.15 Å². The molecule has 4 rings (SSSR count). The van der Waals surface area contributed by atoms with Crippen molar-refractivity contribution in [3.8, 4) is 0 Å². The Kier molecular flexibility index (Phi) is 4.88. The van der Waals surface area contributed by atoms with Gasteiger partial charge >= 0.3 is 11.8 Å². The van der Waals surface area contributed by atoms with E-state index in [9.17, 15) is 9.59 Å². The Bertz CT molecular complexity index is 976. The molecule has 0 aliphatic carbocycles. The summed E-state index contributed by atoms with van der Waals surface area (Å²) in [6.07, 6.45) is 5.42. The summed E-state index contributed by atoms with van der Waals surface area (Å²) in [7, 11) is 0. The first-order valence-corrected chi connectivity index (χ1v) is 8.87. The monoisotopic (exact) mass is 368 g/mol. The van der Waals surface area contributed by atoms with Gasteiger partial charge in [-0.25, -0.2) is 9.59 Å². The molecule has 3 aromatic rings. The molecule has 8 nitrogen and oxygen atoms in total. The van der Waals surface area contributed by atoms with E-state index in [1.54, 1.807) is 35.5 Å². The minimum absolute atomic E-state index is 0.0442. The molecule has 140 valence electrons. The van der Waals surface area contributed by atoms with Crippen LogP contribution >= 0.6 is 0 Å². The van der Waals surface area contributed by atoms with Crippen LogP contribution < -0.4 is 11.1 Å². The molecule has 0 bridgehead atoms. The van der Waals surface area contributed by atoms with Gasteiger partial charge in [0.05, 0.1) is 11.6 Å². The summed E-state index contributed by atoms with van der Waals surface area (Å²) in [6, 6.07) is 8.58. The van der Waals surface area contributed by atoms with E-state index < -0.39 is 5.76 Å². The van der Waals surface area contributed by atoms with Gasteiger partial charge in [-0.2, -0.15) is 0 Å². The Balaban J connectivity index is 1.51. The highest BCUT2D eigenvalue weighted by Gasteiger charge is 2.23. The number of fused-ring (bicyclic) bond motifs is 1. The van der Waals surface area contributed by atoms with Crippen molar-refractivity contribution in [2.24, 2.45) is 0 Å². The predicted octanol–water partition coefficient (Wildman–Crippen LogP) is 2.73. The highest BCUT2D eigenvalue weighted by molar-refractivity contribution is 5.91. The number of hydrogen-bond donors (Lipinski definition) is 2. The number of anilines is 1. The lowest BCUT2D eigenvalue weighted by molar-refractivity contribution is 0.0819. The summed E-state index contributed by atoms with van der Waals surface area (Å²) in [5.74, 6) is -0.522. The number of nitrogens with zero attached hydrogens (tertiary/aromatic N) is 2. The van der Waals surface area contributed by atoms with Gasteiger partial charge in [0.2, 0.25) is 0 Å². The number of aromatic nitrogens is 2. The molecule has 2 amide bonds. The Morgan fingerprint density at radius 3 is 2.93 bits per heavy atom. The third-order valence-electron chi connectivity index (χ3n) is 4.53. The summed E-state index contributed by atoms with van der Waals surface area (Å²) in [4.78, 5) is 32.5. The van der Waals surface area contributed by atoms with Gasteiger partial charge in [0.15, 0.2) is 5.58 Å². The summed E-state index contributed by atoms with van der Waals surface area (Å²) >= 11 is 0. The molecule has 0 unspecified atom stereocenters. The summed E-state index contributed by atoms with van der Waals surface area (Å²) in [5, 5.41) is 2.88. The zero-order valence-electron chi connectivity index (χ0n) is 14.7. The fourth-order valence-electron chi connectivity index (χ4n) is 3.19. The normalized spacial score (nSPS) is 16.5. The van der Waals surface area contributed by atoms with Crippen molar-refractivity contribution in [3.05, 3.63) is 58.8 Å². The topological polar surface area (TPSA) is 100 Å². The van der Waals surface area contributed by atoms with Crippen LogP contribution in [0.25, 0.3) is 11.1 Å². The minimum atomic E-state index is -0.522. The molecule has 0 saturated carbocycles. The van der Waals surface area contributed by atoms with Gasteiger partial charge in [0.25, 0.3) is 0 Å². The van der Waals surface area contributed by atoms with Gasteiger partial charge in [-0.1, -0.05) is 0 Å². The molecule has 1 saturated heterocycles. The fraction of sp³-hybridized carbons (Fsp3) is 0.316. The number of urea groups is 1. The standard InChI is InChI=1S/C19H20N4O4/c24-18(21-14-3-4-16-17(10-14)27-19(25)22-16)23(12-15-2-1-9-26-15)11-13-5-7-20-8-6-13/h3-8,10,15H,1-2,9,11-12H2,(H,21,24)(H,22,25)/t15-/m1/s1. The van der Waals surface area contributed by atoms with Crippen molar-refractivity contribution in [3.63, 3.8) is 0 Å². The third-order valence-corrected chi connectivity index (χ3v) is 4.53. The van der Waals surface area contributed by atoms with Crippen LogP contribution in [0.5, 0.6) is 0 Å². The number of carbonyl (C=O) groups is 1. The number of hydrogen-bond acceptors (Lipinski definition) is 5. The number of nitrogens with one attached hydrogen (secondary N) is 2. The van der Waals surface area contributed by atoms with E-state index >= 15 is 0 Å². The molecule has 1 aromatic carbocycles. The first-order chi connectivity index (χ1) is 13.2. The Labute approximate surface area is 155 Å². The Hall–Kier alpha value is -3.13. The van der Waals surface area contributed by atoms with E-state index in [1.165, 1.54) is 0 Å². The molecule has 27 heavy (non-hydrogen) atoms. The smallest absolute Gasteiger partial charge is 0.408 e. The molecule has 0 radical (unpaired) electrons. The van der Waals surface area contributed by atoms with E-state index in [1.807, 2.05) is 12.1 Å². The molecular formula is C19H20N4O4. The number of oxazole rings is 1. The van der Waals surface area contributed by atoms with E-state index in [-0.39, 0.29) is 12.1 Å². The number of benzene rings is 1. The summed E-state index contributed by atoms with van der Waals surface area (Å²) in [5.41, 5.74) is 2.54. The van der Waals surface area contributed by atoms with Crippen molar-refractivity contribution in [1.29, 1.82) is 0 Å². The van der Waals surface area contributed by atoms with Gasteiger partial charge < -0.3 is 19.4 Å². The number of aromatic amines is 1. The van der Waals surface area contributed by atoms with Crippen LogP contribution in [0.2, 0.25) is 0 Å². The second-order valence-corrected chi connectivity index (χ2v) is 6.53. The summed E-state index contributed by atoms with van der Waals surface area (Å²) < 4.78 is 10.7. The molecule has 1 fully saturated rings. The molecule has 2 aromatic heterocycles. The van der Waals surface area contributed by atoms with Crippen molar-refractivity contribution >= 4 is 22.8 Å². The van der Waals surface area contributed by atoms with Crippen LogP contribution in [0.4, 0.5) is 10.5 Å². The second-order valence-electron chi connectivity index (χ2n) is 6.53. The molecule has 0 spiro atoms. The molecule has 8 heteroatoms. The van der Waals surface area contributed by atoms with Crippen LogP contribution in [-0.2, 0) is 11.3 Å². The average Bonchev–Trinajstić information content (AvgIpc) is 3.30. The predicted molar refractivity (Wildman–Crippen MR) is 99.5 cm³/mol. The van der Waals surface area contributed by atoms with Crippen LogP contribution in [-0.4, -0.2) is 40.2 Å². The molecule has 3 heterocycles. The first-order valence-electron chi connectivity index (χ1n) is 8.87. The fourth-order valence-corrected chi connectivity index (χ4v) is 3.19. The molecule has 1 aliphatic heterocycles. The van der Waals surface area contributed by atoms with Gasteiger partial charge in [-0.3, -0.25) is 9.97 Å². The maximum atomic E-state index is 12.9. The number of carbonyl (C=O) groups excluding carboxylic acids is 1. The van der Waals surface area contributed by atoms with Crippen molar-refractivity contribution < 1.29 is 13.9 Å². The Morgan fingerprint density at radius 1 is 1.30 bits per heavy atom. The SMILES string of the molecule is O=C(Nc1ccc2[nH]c(=O)oc2c1)N(Cc1ccncc1)C[C@H]1CCCO1. The zero-order valence-corrected chi connectivity index (χ0v) is 14.7. The lowest BCUT2D eigenvalue weighted by Gasteiger charge is -2.26. The largest absolute Gasteiger partial charge is 0.417 e. The molecule has 1 aliphatic rings. The van der Waals surface area contributed by atoms with Crippen LogP contribution in [0.1, 0.15) is 18.4 Å². The lowest BCUT2D eigenvalue weighted by Crippen LogP contribution is -2.39.